The second-order valence-corrected chi connectivity index (χ2v) is 7.91. The molecule has 4 aromatic rings. The van der Waals surface area contributed by atoms with E-state index in [0.29, 0.717) is 12.2 Å². The van der Waals surface area contributed by atoms with Crippen LogP contribution in [0.1, 0.15) is 16.9 Å². The topological polar surface area (TPSA) is 99.6 Å². The van der Waals surface area contributed by atoms with Crippen molar-refractivity contribution in [1.82, 2.24) is 29.6 Å². The summed E-state index contributed by atoms with van der Waals surface area (Å²) >= 11 is 0. The molecule has 9 nitrogen and oxygen atoms in total. The number of anilines is 1. The van der Waals surface area contributed by atoms with Crippen LogP contribution in [0, 0.1) is 0 Å². The highest BCUT2D eigenvalue weighted by Crippen LogP contribution is 2.27. The Balaban J connectivity index is 1.28. The number of H-pyrrole nitrogens is 1. The van der Waals surface area contributed by atoms with Crippen molar-refractivity contribution in [1.29, 1.82) is 0 Å². The number of carbonyl (C=O) groups excluding carboxylic acids is 1. The van der Waals surface area contributed by atoms with Gasteiger partial charge in [-0.05, 0) is 31.2 Å². The second kappa shape index (κ2) is 8.97. The number of nitrogens with zero attached hydrogens (tertiary/aromatic N) is 4. The number of hydrogen-bond donors (Lipinski definition) is 3. The number of hydrogen-bond acceptors (Lipinski definition) is 6. The van der Waals surface area contributed by atoms with E-state index in [-0.39, 0.29) is 5.91 Å². The summed E-state index contributed by atoms with van der Waals surface area (Å²) in [7, 11) is 1.83. The maximum Gasteiger partial charge on any atom is 0.267 e. The average molecular weight is 434 g/mol. The fraction of sp³-hybridized carbons (Fsp3) is 0.348. The Hall–Kier alpha value is -3.43. The number of rotatable bonds is 7. The van der Waals surface area contributed by atoms with Crippen LogP contribution < -0.4 is 10.6 Å². The zero-order valence-corrected chi connectivity index (χ0v) is 18.1. The van der Waals surface area contributed by atoms with E-state index in [1.807, 2.05) is 42.0 Å². The third-order valence-electron chi connectivity index (χ3n) is 5.87. The number of aromatic nitrogens is 4. The van der Waals surface area contributed by atoms with Crippen LogP contribution in [0.5, 0.6) is 0 Å². The van der Waals surface area contributed by atoms with Crippen LogP contribution in [-0.2, 0) is 4.74 Å². The highest BCUT2D eigenvalue weighted by molar-refractivity contribution is 5.98. The largest absolute Gasteiger partial charge is 0.379 e. The minimum Gasteiger partial charge on any atom is -0.379 e. The summed E-state index contributed by atoms with van der Waals surface area (Å²) in [6, 6.07) is 8.01. The van der Waals surface area contributed by atoms with E-state index in [1.165, 1.54) is 0 Å². The lowest BCUT2D eigenvalue weighted by molar-refractivity contribution is 0.0374. The zero-order chi connectivity index (χ0) is 21.9. The lowest BCUT2D eigenvalue weighted by atomic mass is 10.1. The summed E-state index contributed by atoms with van der Waals surface area (Å²) in [6.07, 6.45) is 6.41. The van der Waals surface area contributed by atoms with Gasteiger partial charge in [-0.3, -0.25) is 14.1 Å². The molecule has 3 aromatic heterocycles. The van der Waals surface area contributed by atoms with Gasteiger partial charge in [-0.1, -0.05) is 6.07 Å². The minimum atomic E-state index is -0.0794. The van der Waals surface area contributed by atoms with Gasteiger partial charge in [0, 0.05) is 55.5 Å². The molecule has 1 fully saturated rings. The quantitative estimate of drug-likeness (QED) is 0.387. The van der Waals surface area contributed by atoms with Crippen LogP contribution in [0.2, 0.25) is 0 Å². The SMILES string of the molecule is CNc1nccn2c(-c3ccc4[nH]c(C(=O)NCCCN5CCOCC5)cc4c3)cnc12. The van der Waals surface area contributed by atoms with Crippen LogP contribution in [-0.4, -0.2) is 76.6 Å². The molecule has 0 bridgehead atoms. The smallest absolute Gasteiger partial charge is 0.267 e. The van der Waals surface area contributed by atoms with Gasteiger partial charge in [-0.15, -0.1) is 0 Å². The van der Waals surface area contributed by atoms with Gasteiger partial charge < -0.3 is 20.4 Å². The summed E-state index contributed by atoms with van der Waals surface area (Å²) in [5, 5.41) is 7.07. The molecule has 0 radical (unpaired) electrons. The minimum absolute atomic E-state index is 0.0794. The predicted octanol–water partition coefficient (Wildman–Crippen LogP) is 2.37. The highest BCUT2D eigenvalue weighted by atomic mass is 16.5. The number of carbonyl (C=O) groups is 1. The second-order valence-electron chi connectivity index (χ2n) is 7.91. The van der Waals surface area contributed by atoms with Crippen molar-refractivity contribution >= 4 is 28.3 Å². The summed E-state index contributed by atoms with van der Waals surface area (Å²) in [6.45, 7) is 5.16. The van der Waals surface area contributed by atoms with Gasteiger partial charge in [0.1, 0.15) is 5.69 Å². The molecular weight excluding hydrogens is 406 g/mol. The number of ether oxygens (including phenoxy) is 1. The molecule has 166 valence electrons. The van der Waals surface area contributed by atoms with Crippen LogP contribution >= 0.6 is 0 Å². The van der Waals surface area contributed by atoms with Crippen LogP contribution in [0.25, 0.3) is 27.8 Å². The zero-order valence-electron chi connectivity index (χ0n) is 18.1. The Morgan fingerprint density at radius 1 is 1.22 bits per heavy atom. The van der Waals surface area contributed by atoms with Crippen molar-refractivity contribution in [3.8, 4) is 11.3 Å². The molecule has 1 aliphatic rings. The van der Waals surface area contributed by atoms with Gasteiger partial charge >= 0.3 is 0 Å². The lowest BCUT2D eigenvalue weighted by Gasteiger charge is -2.26. The fourth-order valence-electron chi connectivity index (χ4n) is 4.15. The van der Waals surface area contributed by atoms with E-state index in [0.717, 1.165) is 72.9 Å². The molecule has 32 heavy (non-hydrogen) atoms. The molecule has 3 N–H and O–H groups in total. The Kier molecular flexibility index (Phi) is 5.74. The average Bonchev–Trinajstić information content (AvgIpc) is 3.46. The predicted molar refractivity (Wildman–Crippen MR) is 124 cm³/mol. The van der Waals surface area contributed by atoms with Crippen LogP contribution in [0.3, 0.4) is 0 Å². The molecule has 1 aliphatic heterocycles. The van der Waals surface area contributed by atoms with Crippen molar-refractivity contribution in [2.45, 2.75) is 6.42 Å². The van der Waals surface area contributed by atoms with E-state index in [9.17, 15) is 4.79 Å². The van der Waals surface area contributed by atoms with Crippen molar-refractivity contribution in [2.75, 3.05) is 51.8 Å². The van der Waals surface area contributed by atoms with E-state index in [1.54, 1.807) is 6.20 Å². The highest BCUT2D eigenvalue weighted by Gasteiger charge is 2.14. The summed E-state index contributed by atoms with van der Waals surface area (Å²) in [5.74, 6) is 0.651. The Morgan fingerprint density at radius 2 is 2.09 bits per heavy atom. The molecular formula is C23H27N7O2. The Bertz CT molecular complexity index is 1240. The first-order valence-electron chi connectivity index (χ1n) is 10.9. The number of morpholine rings is 1. The molecule has 0 atom stereocenters. The number of imidazole rings is 1. The van der Waals surface area contributed by atoms with Crippen molar-refractivity contribution < 1.29 is 9.53 Å². The van der Waals surface area contributed by atoms with Gasteiger partial charge in [0.15, 0.2) is 11.5 Å². The van der Waals surface area contributed by atoms with Gasteiger partial charge in [0.2, 0.25) is 0 Å². The van der Waals surface area contributed by atoms with Gasteiger partial charge in [-0.25, -0.2) is 9.97 Å². The Labute approximate surface area is 185 Å². The number of benzene rings is 1. The van der Waals surface area contributed by atoms with E-state index in [2.05, 4.69) is 36.6 Å². The molecule has 0 saturated carbocycles. The molecule has 1 aromatic carbocycles. The van der Waals surface area contributed by atoms with Crippen LogP contribution in [0.15, 0.2) is 42.9 Å². The van der Waals surface area contributed by atoms with Crippen molar-refractivity contribution in [2.24, 2.45) is 0 Å². The van der Waals surface area contributed by atoms with E-state index < -0.39 is 0 Å². The molecule has 9 heteroatoms. The van der Waals surface area contributed by atoms with Gasteiger partial charge in [-0.2, -0.15) is 0 Å². The molecule has 1 saturated heterocycles. The fourth-order valence-corrected chi connectivity index (χ4v) is 4.15. The van der Waals surface area contributed by atoms with Crippen LogP contribution in [0.4, 0.5) is 5.82 Å². The summed E-state index contributed by atoms with van der Waals surface area (Å²) in [5.41, 5.74) is 4.27. The third-order valence-corrected chi connectivity index (χ3v) is 5.87. The molecule has 0 unspecified atom stereocenters. The monoisotopic (exact) mass is 433 g/mol. The number of fused-ring (bicyclic) bond motifs is 2. The number of aromatic amines is 1. The summed E-state index contributed by atoms with van der Waals surface area (Å²) in [4.78, 5) is 27.0. The van der Waals surface area contributed by atoms with E-state index >= 15 is 0 Å². The van der Waals surface area contributed by atoms with Crippen molar-refractivity contribution in [3.63, 3.8) is 0 Å². The lowest BCUT2D eigenvalue weighted by Crippen LogP contribution is -2.38. The molecule has 4 heterocycles. The maximum atomic E-state index is 12.6. The van der Waals surface area contributed by atoms with Crippen molar-refractivity contribution in [3.05, 3.63) is 48.5 Å². The molecule has 0 aliphatic carbocycles. The standard InChI is InChI=1S/C23H27N7O2/c1-24-21-22-27-15-20(30(22)8-6-25-21)16-3-4-18-17(13-16)14-19(28-18)23(31)26-5-2-7-29-9-11-32-12-10-29/h3-4,6,8,13-15,28H,2,5,7,9-12H2,1H3,(H,24,25)(H,26,31). The first kappa shape index (κ1) is 20.5. The number of amides is 1. The molecule has 0 spiro atoms. The first-order chi connectivity index (χ1) is 15.7. The summed E-state index contributed by atoms with van der Waals surface area (Å²) < 4.78 is 7.38. The van der Waals surface area contributed by atoms with E-state index in [4.69, 9.17) is 4.74 Å². The third kappa shape index (κ3) is 4.04. The number of nitrogens with one attached hydrogen (secondary N) is 3. The van der Waals surface area contributed by atoms with Gasteiger partial charge in [0.25, 0.3) is 5.91 Å². The maximum absolute atomic E-state index is 12.6. The Morgan fingerprint density at radius 3 is 2.94 bits per heavy atom. The first-order valence-corrected chi connectivity index (χ1v) is 10.9. The molecule has 5 rings (SSSR count). The normalized spacial score (nSPS) is 14.8. The molecule has 1 amide bonds. The van der Waals surface area contributed by atoms with Gasteiger partial charge in [0.05, 0.1) is 25.1 Å².